The molecule has 0 radical (unpaired) electrons. The van der Waals surface area contributed by atoms with Gasteiger partial charge in [0.1, 0.15) is 6.17 Å². The van der Waals surface area contributed by atoms with Gasteiger partial charge in [-0.3, -0.25) is 4.90 Å². The molecule has 3 heteroatoms. The Bertz CT molecular complexity index is 195. The molecule has 2 saturated heterocycles. The molecule has 2 nitrogen and oxygen atoms in total. The number of alkyl halides is 1. The molecular formula is C10H18FNO. The van der Waals surface area contributed by atoms with Crippen molar-refractivity contribution >= 4 is 0 Å². The van der Waals surface area contributed by atoms with Gasteiger partial charge in [-0.2, -0.15) is 0 Å². The van der Waals surface area contributed by atoms with Crippen molar-refractivity contribution in [3.63, 3.8) is 0 Å². The molecule has 0 aromatic heterocycles. The van der Waals surface area contributed by atoms with Gasteiger partial charge in [-0.15, -0.1) is 0 Å². The Hall–Kier alpha value is -0.150. The minimum atomic E-state index is -0.641. The molecule has 2 rings (SSSR count). The summed E-state index contributed by atoms with van der Waals surface area (Å²) in [4.78, 5) is 2.31. The molecule has 0 N–H and O–H groups in total. The van der Waals surface area contributed by atoms with Gasteiger partial charge < -0.3 is 4.74 Å². The third-order valence-electron chi connectivity index (χ3n) is 3.58. The molecule has 0 amide bonds. The Morgan fingerprint density at radius 3 is 3.08 bits per heavy atom. The van der Waals surface area contributed by atoms with Crippen LogP contribution < -0.4 is 0 Å². The fraction of sp³-hybridized carbons (Fsp3) is 1.00. The maximum atomic E-state index is 13.3. The highest BCUT2D eigenvalue weighted by Gasteiger charge is 2.51. The Labute approximate surface area is 79.1 Å². The van der Waals surface area contributed by atoms with Gasteiger partial charge in [0, 0.05) is 31.7 Å². The molecule has 0 spiro atoms. The number of methoxy groups -OCH3 is 1. The van der Waals surface area contributed by atoms with E-state index in [4.69, 9.17) is 4.74 Å². The molecule has 2 unspecified atom stereocenters. The molecule has 76 valence electrons. The van der Waals surface area contributed by atoms with E-state index in [9.17, 15) is 4.39 Å². The standard InChI is InChI=1S/C10H18FNO/c1-8-3-4-10(7-13-2)5-9(11)6-12(8)10/h8-9H,3-7H2,1-2H3/t8?,9-,10?/m0/s1. The maximum absolute atomic E-state index is 13.3. The zero-order valence-electron chi connectivity index (χ0n) is 8.42. The van der Waals surface area contributed by atoms with Crippen LogP contribution in [0.5, 0.6) is 0 Å². The van der Waals surface area contributed by atoms with E-state index in [-0.39, 0.29) is 5.54 Å². The summed E-state index contributed by atoms with van der Waals surface area (Å²) in [5.41, 5.74) is 0.0353. The minimum Gasteiger partial charge on any atom is -0.383 e. The molecule has 2 aliphatic heterocycles. The number of fused-ring (bicyclic) bond motifs is 1. The Morgan fingerprint density at radius 1 is 1.62 bits per heavy atom. The zero-order valence-corrected chi connectivity index (χ0v) is 8.42. The number of halogens is 1. The van der Waals surface area contributed by atoms with Crippen LogP contribution in [0.4, 0.5) is 4.39 Å². The van der Waals surface area contributed by atoms with E-state index in [1.54, 1.807) is 7.11 Å². The summed E-state index contributed by atoms with van der Waals surface area (Å²) < 4.78 is 18.5. The summed E-state index contributed by atoms with van der Waals surface area (Å²) in [6.07, 6.45) is 2.32. The van der Waals surface area contributed by atoms with Gasteiger partial charge in [0.25, 0.3) is 0 Å². The van der Waals surface area contributed by atoms with Crippen LogP contribution in [0.15, 0.2) is 0 Å². The normalized spacial score (nSPS) is 45.5. The van der Waals surface area contributed by atoms with Crippen molar-refractivity contribution in [2.45, 2.75) is 43.9 Å². The number of hydrogen-bond acceptors (Lipinski definition) is 2. The molecule has 2 heterocycles. The number of rotatable bonds is 2. The third kappa shape index (κ3) is 1.38. The first-order chi connectivity index (χ1) is 6.18. The molecule has 0 aromatic carbocycles. The largest absolute Gasteiger partial charge is 0.383 e. The first-order valence-corrected chi connectivity index (χ1v) is 5.08. The molecule has 0 aromatic rings. The summed E-state index contributed by atoms with van der Waals surface area (Å²) in [6.45, 7) is 3.50. The SMILES string of the molecule is COCC12CCC(C)N1C[C@@H](F)C2. The van der Waals surface area contributed by atoms with Gasteiger partial charge in [0.05, 0.1) is 6.61 Å². The van der Waals surface area contributed by atoms with E-state index in [1.165, 1.54) is 6.42 Å². The summed E-state index contributed by atoms with van der Waals surface area (Å²) in [5, 5.41) is 0. The van der Waals surface area contributed by atoms with Crippen molar-refractivity contribution in [3.05, 3.63) is 0 Å². The maximum Gasteiger partial charge on any atom is 0.115 e. The van der Waals surface area contributed by atoms with Crippen molar-refractivity contribution < 1.29 is 9.13 Å². The van der Waals surface area contributed by atoms with Crippen LogP contribution in [0.1, 0.15) is 26.2 Å². The average Bonchev–Trinajstić information content (AvgIpc) is 2.51. The first-order valence-electron chi connectivity index (χ1n) is 5.08. The van der Waals surface area contributed by atoms with E-state index in [0.717, 1.165) is 6.42 Å². The lowest BCUT2D eigenvalue weighted by Crippen LogP contribution is -2.44. The second-order valence-corrected chi connectivity index (χ2v) is 4.50. The summed E-state index contributed by atoms with van der Waals surface area (Å²) in [5.74, 6) is 0. The minimum absolute atomic E-state index is 0.0353. The van der Waals surface area contributed by atoms with Gasteiger partial charge >= 0.3 is 0 Å². The number of hydrogen-bond donors (Lipinski definition) is 0. The second-order valence-electron chi connectivity index (χ2n) is 4.50. The van der Waals surface area contributed by atoms with Crippen molar-refractivity contribution in [3.8, 4) is 0 Å². The van der Waals surface area contributed by atoms with E-state index in [2.05, 4.69) is 11.8 Å². The molecular weight excluding hydrogens is 169 g/mol. The monoisotopic (exact) mass is 187 g/mol. The van der Waals surface area contributed by atoms with Crippen molar-refractivity contribution in [2.75, 3.05) is 20.3 Å². The van der Waals surface area contributed by atoms with E-state index in [1.807, 2.05) is 0 Å². The van der Waals surface area contributed by atoms with Crippen LogP contribution in [0.3, 0.4) is 0 Å². The highest BCUT2D eigenvalue weighted by atomic mass is 19.1. The summed E-state index contributed by atoms with van der Waals surface area (Å²) in [7, 11) is 1.71. The fourth-order valence-corrected chi connectivity index (χ4v) is 3.01. The lowest BCUT2D eigenvalue weighted by Gasteiger charge is -2.32. The Kier molecular flexibility index (Phi) is 2.32. The fourth-order valence-electron chi connectivity index (χ4n) is 3.01. The van der Waals surface area contributed by atoms with Gasteiger partial charge in [0.2, 0.25) is 0 Å². The summed E-state index contributed by atoms with van der Waals surface area (Å²) >= 11 is 0. The third-order valence-corrected chi connectivity index (χ3v) is 3.58. The first kappa shape index (κ1) is 9.41. The number of nitrogens with zero attached hydrogens (tertiary/aromatic N) is 1. The van der Waals surface area contributed by atoms with E-state index >= 15 is 0 Å². The molecule has 0 saturated carbocycles. The predicted molar refractivity (Wildman–Crippen MR) is 49.5 cm³/mol. The predicted octanol–water partition coefficient (Wildman–Crippen LogP) is 1.60. The van der Waals surface area contributed by atoms with Gasteiger partial charge in [-0.1, -0.05) is 0 Å². The van der Waals surface area contributed by atoms with Gasteiger partial charge in [-0.05, 0) is 19.8 Å². The zero-order chi connectivity index (χ0) is 9.47. The lowest BCUT2D eigenvalue weighted by molar-refractivity contribution is 0.0526. The molecule has 0 bridgehead atoms. The molecule has 3 atom stereocenters. The van der Waals surface area contributed by atoms with Gasteiger partial charge in [-0.25, -0.2) is 4.39 Å². The van der Waals surface area contributed by atoms with Gasteiger partial charge in [0.15, 0.2) is 0 Å². The summed E-state index contributed by atoms with van der Waals surface area (Å²) in [6, 6.07) is 0.538. The van der Waals surface area contributed by atoms with E-state index < -0.39 is 6.17 Å². The van der Waals surface area contributed by atoms with Crippen molar-refractivity contribution in [2.24, 2.45) is 0 Å². The van der Waals surface area contributed by atoms with Crippen LogP contribution in [0, 0.1) is 0 Å². The molecule has 2 fully saturated rings. The second kappa shape index (κ2) is 3.21. The Balaban J connectivity index is 2.14. The van der Waals surface area contributed by atoms with Crippen molar-refractivity contribution in [1.29, 1.82) is 0 Å². The molecule has 2 aliphatic rings. The highest BCUT2D eigenvalue weighted by Crippen LogP contribution is 2.43. The quantitative estimate of drug-likeness (QED) is 0.651. The average molecular weight is 187 g/mol. The van der Waals surface area contributed by atoms with Crippen molar-refractivity contribution in [1.82, 2.24) is 4.90 Å². The molecule has 0 aliphatic carbocycles. The van der Waals surface area contributed by atoms with Crippen LogP contribution in [-0.2, 0) is 4.74 Å². The van der Waals surface area contributed by atoms with E-state index in [0.29, 0.717) is 25.6 Å². The van der Waals surface area contributed by atoms with Crippen LogP contribution in [0.2, 0.25) is 0 Å². The van der Waals surface area contributed by atoms with Crippen LogP contribution in [-0.4, -0.2) is 42.9 Å². The highest BCUT2D eigenvalue weighted by molar-refractivity contribution is 5.06. The topological polar surface area (TPSA) is 12.5 Å². The smallest absolute Gasteiger partial charge is 0.115 e. The Morgan fingerprint density at radius 2 is 2.38 bits per heavy atom. The molecule has 13 heavy (non-hydrogen) atoms. The lowest BCUT2D eigenvalue weighted by atomic mass is 9.95. The van der Waals surface area contributed by atoms with Crippen LogP contribution >= 0.6 is 0 Å². The number of ether oxygens (including phenoxy) is 1. The van der Waals surface area contributed by atoms with Crippen LogP contribution in [0.25, 0.3) is 0 Å².